The standard InChI is InChI=1S/C15H13F2N/c16-11-4-5-15(17)14(8-11)13-3-1-2-10-9-18-7-6-12(10)13/h1-5,8,18H,6-7,9H2. The monoisotopic (exact) mass is 245 g/mol. The summed E-state index contributed by atoms with van der Waals surface area (Å²) in [5, 5.41) is 3.28. The average molecular weight is 245 g/mol. The van der Waals surface area contributed by atoms with Gasteiger partial charge in [0.15, 0.2) is 0 Å². The summed E-state index contributed by atoms with van der Waals surface area (Å²) in [6, 6.07) is 9.39. The second-order valence-electron chi connectivity index (χ2n) is 4.49. The second kappa shape index (κ2) is 4.50. The fourth-order valence-electron chi connectivity index (χ4n) is 2.49. The number of fused-ring (bicyclic) bond motifs is 1. The lowest BCUT2D eigenvalue weighted by molar-refractivity contribution is 0.602. The zero-order valence-corrected chi connectivity index (χ0v) is 9.84. The van der Waals surface area contributed by atoms with Gasteiger partial charge in [0, 0.05) is 12.1 Å². The fourth-order valence-corrected chi connectivity index (χ4v) is 2.49. The van der Waals surface area contributed by atoms with Crippen molar-refractivity contribution in [2.24, 2.45) is 0 Å². The molecule has 0 aliphatic carbocycles. The lowest BCUT2D eigenvalue weighted by Crippen LogP contribution is -2.24. The first-order chi connectivity index (χ1) is 8.75. The Morgan fingerprint density at radius 1 is 1.00 bits per heavy atom. The average Bonchev–Trinajstić information content (AvgIpc) is 2.41. The molecule has 0 spiro atoms. The van der Waals surface area contributed by atoms with Crippen LogP contribution in [0.3, 0.4) is 0 Å². The van der Waals surface area contributed by atoms with Crippen molar-refractivity contribution in [2.45, 2.75) is 13.0 Å². The van der Waals surface area contributed by atoms with E-state index in [1.165, 1.54) is 17.7 Å². The first-order valence-corrected chi connectivity index (χ1v) is 6.02. The van der Waals surface area contributed by atoms with Crippen molar-refractivity contribution in [1.82, 2.24) is 5.32 Å². The summed E-state index contributed by atoms with van der Waals surface area (Å²) in [5.41, 5.74) is 3.46. The van der Waals surface area contributed by atoms with E-state index in [4.69, 9.17) is 0 Å². The van der Waals surface area contributed by atoms with Crippen LogP contribution in [0.2, 0.25) is 0 Å². The molecule has 18 heavy (non-hydrogen) atoms. The van der Waals surface area contributed by atoms with Crippen LogP contribution in [-0.4, -0.2) is 6.54 Å². The third kappa shape index (κ3) is 1.91. The fraction of sp³-hybridized carbons (Fsp3) is 0.200. The molecule has 1 nitrogen and oxygen atoms in total. The van der Waals surface area contributed by atoms with E-state index in [1.807, 2.05) is 18.2 Å². The van der Waals surface area contributed by atoms with Gasteiger partial charge in [0.1, 0.15) is 11.6 Å². The zero-order valence-electron chi connectivity index (χ0n) is 9.84. The minimum atomic E-state index is -0.405. The van der Waals surface area contributed by atoms with E-state index in [1.54, 1.807) is 0 Å². The van der Waals surface area contributed by atoms with Gasteiger partial charge in [-0.3, -0.25) is 0 Å². The van der Waals surface area contributed by atoms with E-state index in [-0.39, 0.29) is 5.82 Å². The van der Waals surface area contributed by atoms with Crippen LogP contribution in [0.1, 0.15) is 11.1 Å². The molecule has 0 fully saturated rings. The summed E-state index contributed by atoms with van der Waals surface area (Å²) in [4.78, 5) is 0. The molecule has 1 aliphatic rings. The van der Waals surface area contributed by atoms with Crippen molar-refractivity contribution >= 4 is 0 Å². The van der Waals surface area contributed by atoms with Gasteiger partial charge in [-0.2, -0.15) is 0 Å². The topological polar surface area (TPSA) is 12.0 Å². The highest BCUT2D eigenvalue weighted by atomic mass is 19.1. The summed E-state index contributed by atoms with van der Waals surface area (Å²) >= 11 is 0. The summed E-state index contributed by atoms with van der Waals surface area (Å²) < 4.78 is 27.1. The Hall–Kier alpha value is -1.74. The van der Waals surface area contributed by atoms with E-state index >= 15 is 0 Å². The Morgan fingerprint density at radius 3 is 2.78 bits per heavy atom. The molecule has 1 aliphatic heterocycles. The van der Waals surface area contributed by atoms with Crippen molar-refractivity contribution in [3.8, 4) is 11.1 Å². The molecule has 0 atom stereocenters. The molecule has 1 heterocycles. The van der Waals surface area contributed by atoms with Gasteiger partial charge in [0.25, 0.3) is 0 Å². The van der Waals surface area contributed by atoms with Gasteiger partial charge in [-0.25, -0.2) is 8.78 Å². The van der Waals surface area contributed by atoms with Crippen molar-refractivity contribution in [3.05, 3.63) is 59.2 Å². The van der Waals surface area contributed by atoms with E-state index in [0.29, 0.717) is 5.56 Å². The molecule has 0 radical (unpaired) electrons. The van der Waals surface area contributed by atoms with Crippen molar-refractivity contribution < 1.29 is 8.78 Å². The van der Waals surface area contributed by atoms with Crippen LogP contribution < -0.4 is 5.32 Å². The molecule has 0 saturated heterocycles. The second-order valence-corrected chi connectivity index (χ2v) is 4.49. The Balaban J connectivity index is 2.19. The maximum absolute atomic E-state index is 13.8. The largest absolute Gasteiger partial charge is 0.312 e. The van der Waals surface area contributed by atoms with Gasteiger partial charge in [0.2, 0.25) is 0 Å². The van der Waals surface area contributed by atoms with Crippen LogP contribution in [0.4, 0.5) is 8.78 Å². The van der Waals surface area contributed by atoms with Gasteiger partial charge in [-0.15, -0.1) is 0 Å². The molecule has 92 valence electrons. The van der Waals surface area contributed by atoms with Crippen LogP contribution in [0.5, 0.6) is 0 Å². The molecule has 0 aromatic heterocycles. The highest BCUT2D eigenvalue weighted by Gasteiger charge is 2.16. The summed E-state index contributed by atoms with van der Waals surface area (Å²) in [6.07, 6.45) is 0.849. The van der Waals surface area contributed by atoms with Gasteiger partial charge in [-0.05, 0) is 47.9 Å². The number of rotatable bonds is 1. The molecule has 0 saturated carbocycles. The van der Waals surface area contributed by atoms with Gasteiger partial charge >= 0.3 is 0 Å². The Labute approximate surface area is 104 Å². The molecular formula is C15H13F2N. The number of nitrogens with one attached hydrogen (secondary N) is 1. The number of hydrogen-bond acceptors (Lipinski definition) is 1. The summed E-state index contributed by atoms with van der Waals surface area (Å²) in [6.45, 7) is 1.67. The van der Waals surface area contributed by atoms with E-state index < -0.39 is 5.82 Å². The maximum Gasteiger partial charge on any atom is 0.131 e. The number of halogens is 2. The number of benzene rings is 2. The highest BCUT2D eigenvalue weighted by molar-refractivity contribution is 5.69. The van der Waals surface area contributed by atoms with Crippen LogP contribution in [-0.2, 0) is 13.0 Å². The molecule has 0 bridgehead atoms. The Kier molecular flexibility index (Phi) is 2.84. The highest BCUT2D eigenvalue weighted by Crippen LogP contribution is 2.30. The lowest BCUT2D eigenvalue weighted by Gasteiger charge is -2.20. The van der Waals surface area contributed by atoms with Crippen LogP contribution >= 0.6 is 0 Å². The normalized spacial score (nSPS) is 14.3. The van der Waals surface area contributed by atoms with E-state index in [9.17, 15) is 8.78 Å². The molecule has 2 aromatic rings. The van der Waals surface area contributed by atoms with Gasteiger partial charge in [0.05, 0.1) is 0 Å². The Bertz CT molecular complexity index is 593. The van der Waals surface area contributed by atoms with Crippen LogP contribution in [0.15, 0.2) is 36.4 Å². The third-order valence-electron chi connectivity index (χ3n) is 3.36. The SMILES string of the molecule is Fc1ccc(F)c(-c2cccc3c2CCNC3)c1. The predicted octanol–water partition coefficient (Wildman–Crippen LogP) is 3.28. The minimum absolute atomic E-state index is 0.355. The molecular weight excluding hydrogens is 232 g/mol. The van der Waals surface area contributed by atoms with E-state index in [2.05, 4.69) is 5.32 Å². The lowest BCUT2D eigenvalue weighted by atomic mass is 9.91. The Morgan fingerprint density at radius 2 is 1.89 bits per heavy atom. The van der Waals surface area contributed by atoms with Crippen molar-refractivity contribution in [2.75, 3.05) is 6.54 Å². The van der Waals surface area contributed by atoms with Crippen LogP contribution in [0, 0.1) is 11.6 Å². The maximum atomic E-state index is 13.8. The third-order valence-corrected chi connectivity index (χ3v) is 3.36. The smallest absolute Gasteiger partial charge is 0.131 e. The first-order valence-electron chi connectivity index (χ1n) is 6.02. The predicted molar refractivity (Wildman–Crippen MR) is 67.2 cm³/mol. The summed E-state index contributed by atoms with van der Waals surface area (Å²) in [5.74, 6) is -0.777. The molecule has 0 amide bonds. The van der Waals surface area contributed by atoms with Gasteiger partial charge < -0.3 is 5.32 Å². The molecule has 0 unspecified atom stereocenters. The quantitative estimate of drug-likeness (QED) is 0.813. The van der Waals surface area contributed by atoms with E-state index in [0.717, 1.165) is 36.7 Å². The van der Waals surface area contributed by atoms with Crippen molar-refractivity contribution in [3.63, 3.8) is 0 Å². The zero-order chi connectivity index (χ0) is 12.5. The molecule has 2 aromatic carbocycles. The molecule has 1 N–H and O–H groups in total. The first kappa shape index (κ1) is 11.4. The summed E-state index contributed by atoms with van der Waals surface area (Å²) in [7, 11) is 0. The number of hydrogen-bond donors (Lipinski definition) is 1. The minimum Gasteiger partial charge on any atom is -0.312 e. The van der Waals surface area contributed by atoms with Crippen LogP contribution in [0.25, 0.3) is 11.1 Å². The van der Waals surface area contributed by atoms with Gasteiger partial charge in [-0.1, -0.05) is 18.2 Å². The molecule has 3 heteroatoms. The molecule has 3 rings (SSSR count). The van der Waals surface area contributed by atoms with Crippen molar-refractivity contribution in [1.29, 1.82) is 0 Å².